The summed E-state index contributed by atoms with van der Waals surface area (Å²) < 4.78 is 43.4. The van der Waals surface area contributed by atoms with Gasteiger partial charge >= 0.3 is 0 Å². The van der Waals surface area contributed by atoms with Gasteiger partial charge in [0.05, 0.1) is 12.5 Å². The van der Waals surface area contributed by atoms with E-state index in [0.29, 0.717) is 22.4 Å². The van der Waals surface area contributed by atoms with Gasteiger partial charge in [0.25, 0.3) is 5.71 Å². The maximum Gasteiger partial charge on any atom is 0.261 e. The molecule has 5 nitrogen and oxygen atoms in total. The zero-order chi connectivity index (χ0) is 18.1. The van der Waals surface area contributed by atoms with Crippen LogP contribution in [0.1, 0.15) is 0 Å². The number of ether oxygens (including phenoxy) is 2. The van der Waals surface area contributed by atoms with Crippen molar-refractivity contribution in [3.05, 3.63) is 66.2 Å². The molecular formula is C19H12F2N2O3. The Morgan fingerprint density at radius 2 is 1.81 bits per heavy atom. The van der Waals surface area contributed by atoms with Crippen LogP contribution in [-0.4, -0.2) is 17.3 Å². The molecule has 0 saturated carbocycles. The largest absolute Gasteiger partial charge is 0.493 e. The fourth-order valence-corrected chi connectivity index (χ4v) is 2.56. The Morgan fingerprint density at radius 1 is 0.962 bits per heavy atom. The van der Waals surface area contributed by atoms with Crippen molar-refractivity contribution in [1.29, 1.82) is 0 Å². The van der Waals surface area contributed by atoms with Crippen molar-refractivity contribution in [1.82, 2.24) is 10.1 Å². The Kier molecular flexibility index (Phi) is 3.96. The van der Waals surface area contributed by atoms with Gasteiger partial charge in [-0.3, -0.25) is 0 Å². The van der Waals surface area contributed by atoms with Crippen molar-refractivity contribution in [2.24, 2.45) is 0 Å². The summed E-state index contributed by atoms with van der Waals surface area (Å²) in [6.45, 7) is 0. The van der Waals surface area contributed by atoms with Crippen molar-refractivity contribution in [3.8, 4) is 28.6 Å². The van der Waals surface area contributed by atoms with Crippen molar-refractivity contribution in [2.45, 2.75) is 0 Å². The maximum atomic E-state index is 14.0. The number of methoxy groups -OCH3 is 1. The molecule has 2 aromatic heterocycles. The number of aromatic nitrogens is 2. The molecule has 0 bridgehead atoms. The van der Waals surface area contributed by atoms with E-state index < -0.39 is 11.6 Å². The SMILES string of the molecule is COc1ccc(F)cc1Oc1ccc2c(-c3ccccc3F)noc2n1. The highest BCUT2D eigenvalue weighted by molar-refractivity contribution is 5.89. The predicted octanol–water partition coefficient (Wildman–Crippen LogP) is 4.97. The highest BCUT2D eigenvalue weighted by Gasteiger charge is 2.16. The third-order valence-electron chi connectivity index (χ3n) is 3.78. The Hall–Kier alpha value is -3.48. The van der Waals surface area contributed by atoms with Gasteiger partial charge in [0, 0.05) is 17.7 Å². The molecule has 7 heteroatoms. The molecule has 0 saturated heterocycles. The van der Waals surface area contributed by atoms with Crippen LogP contribution in [-0.2, 0) is 0 Å². The predicted molar refractivity (Wildman–Crippen MR) is 90.2 cm³/mol. The van der Waals surface area contributed by atoms with E-state index in [-0.39, 0.29) is 17.3 Å². The van der Waals surface area contributed by atoms with E-state index in [1.807, 2.05) is 0 Å². The van der Waals surface area contributed by atoms with Gasteiger partial charge in [-0.2, -0.15) is 4.98 Å². The molecule has 0 unspecified atom stereocenters. The second-order valence-electron chi connectivity index (χ2n) is 5.41. The van der Waals surface area contributed by atoms with Crippen LogP contribution in [0.15, 0.2) is 59.1 Å². The van der Waals surface area contributed by atoms with Crippen LogP contribution in [0.5, 0.6) is 17.4 Å². The lowest BCUT2D eigenvalue weighted by atomic mass is 10.1. The first-order chi connectivity index (χ1) is 12.7. The number of benzene rings is 2. The van der Waals surface area contributed by atoms with E-state index in [4.69, 9.17) is 14.0 Å². The summed E-state index contributed by atoms with van der Waals surface area (Å²) in [4.78, 5) is 4.20. The minimum absolute atomic E-state index is 0.164. The summed E-state index contributed by atoms with van der Waals surface area (Å²) in [6.07, 6.45) is 0. The van der Waals surface area contributed by atoms with Crippen molar-refractivity contribution in [3.63, 3.8) is 0 Å². The molecule has 2 aromatic carbocycles. The smallest absolute Gasteiger partial charge is 0.261 e. The molecular weight excluding hydrogens is 342 g/mol. The number of halogens is 2. The summed E-state index contributed by atoms with van der Waals surface area (Å²) in [5.41, 5.74) is 0.838. The summed E-state index contributed by atoms with van der Waals surface area (Å²) in [7, 11) is 1.45. The molecule has 130 valence electrons. The van der Waals surface area contributed by atoms with Gasteiger partial charge < -0.3 is 14.0 Å². The van der Waals surface area contributed by atoms with Crippen molar-refractivity contribution in [2.75, 3.05) is 7.11 Å². The Labute approximate surface area is 146 Å². The van der Waals surface area contributed by atoms with Crippen LogP contribution in [0.25, 0.3) is 22.4 Å². The molecule has 0 aliphatic rings. The van der Waals surface area contributed by atoms with Gasteiger partial charge in [-0.25, -0.2) is 8.78 Å². The molecule has 0 N–H and O–H groups in total. The van der Waals surface area contributed by atoms with E-state index in [1.165, 1.54) is 31.4 Å². The Balaban J connectivity index is 1.72. The minimum Gasteiger partial charge on any atom is -0.493 e. The lowest BCUT2D eigenvalue weighted by molar-refractivity contribution is 0.370. The first-order valence-corrected chi connectivity index (χ1v) is 7.68. The Bertz CT molecular complexity index is 1100. The van der Waals surface area contributed by atoms with E-state index in [9.17, 15) is 8.78 Å². The Morgan fingerprint density at radius 3 is 2.62 bits per heavy atom. The molecule has 26 heavy (non-hydrogen) atoms. The van der Waals surface area contributed by atoms with Crippen LogP contribution in [0, 0.1) is 11.6 Å². The number of fused-ring (bicyclic) bond motifs is 1. The number of pyridine rings is 1. The number of hydrogen-bond donors (Lipinski definition) is 0. The van der Waals surface area contributed by atoms with Crippen LogP contribution < -0.4 is 9.47 Å². The lowest BCUT2D eigenvalue weighted by Gasteiger charge is -2.09. The van der Waals surface area contributed by atoms with Gasteiger partial charge in [-0.1, -0.05) is 17.3 Å². The standard InChI is InChI=1S/C19H12F2N2O3/c1-24-15-8-6-11(20)10-16(15)25-17-9-7-13-18(23-26-19(13)22-17)12-4-2-3-5-14(12)21/h2-10H,1H3. The van der Waals surface area contributed by atoms with Crippen LogP contribution in [0.2, 0.25) is 0 Å². The van der Waals surface area contributed by atoms with E-state index >= 15 is 0 Å². The first-order valence-electron chi connectivity index (χ1n) is 7.68. The summed E-state index contributed by atoms with van der Waals surface area (Å²) in [5.74, 6) is -0.181. The molecule has 0 atom stereocenters. The van der Waals surface area contributed by atoms with Gasteiger partial charge in [0.15, 0.2) is 11.5 Å². The average molecular weight is 354 g/mol. The first kappa shape index (κ1) is 16.0. The molecule has 0 fully saturated rings. The molecule has 4 rings (SSSR count). The van der Waals surface area contributed by atoms with Crippen molar-refractivity contribution >= 4 is 11.1 Å². The van der Waals surface area contributed by atoms with Gasteiger partial charge in [-0.15, -0.1) is 0 Å². The number of hydrogen-bond acceptors (Lipinski definition) is 5. The quantitative estimate of drug-likeness (QED) is 0.518. The maximum absolute atomic E-state index is 14.0. The minimum atomic E-state index is -0.469. The zero-order valence-electron chi connectivity index (χ0n) is 13.6. The summed E-state index contributed by atoms with van der Waals surface area (Å²) in [5, 5.41) is 4.44. The normalized spacial score (nSPS) is 10.9. The number of nitrogens with zero attached hydrogens (tertiary/aromatic N) is 2. The second-order valence-corrected chi connectivity index (χ2v) is 5.41. The third kappa shape index (κ3) is 2.83. The van der Waals surface area contributed by atoms with Gasteiger partial charge in [-0.05, 0) is 30.3 Å². The summed E-state index contributed by atoms with van der Waals surface area (Å²) >= 11 is 0. The van der Waals surface area contributed by atoms with Gasteiger partial charge in [0.1, 0.15) is 17.3 Å². The van der Waals surface area contributed by atoms with E-state index in [2.05, 4.69) is 10.1 Å². The third-order valence-corrected chi connectivity index (χ3v) is 3.78. The number of rotatable bonds is 4. The molecule has 2 heterocycles. The molecule has 0 aliphatic carbocycles. The molecule has 0 spiro atoms. The topological polar surface area (TPSA) is 57.4 Å². The van der Waals surface area contributed by atoms with E-state index in [1.54, 1.807) is 30.3 Å². The fourth-order valence-electron chi connectivity index (χ4n) is 2.56. The monoisotopic (exact) mass is 354 g/mol. The molecule has 4 aromatic rings. The van der Waals surface area contributed by atoms with E-state index in [0.717, 1.165) is 0 Å². The summed E-state index contributed by atoms with van der Waals surface area (Å²) in [6, 6.07) is 13.4. The fraction of sp³-hybridized carbons (Fsp3) is 0.0526. The molecule has 0 amide bonds. The molecule has 0 aliphatic heterocycles. The van der Waals surface area contributed by atoms with Crippen molar-refractivity contribution < 1.29 is 22.8 Å². The highest BCUT2D eigenvalue weighted by atomic mass is 19.1. The lowest BCUT2D eigenvalue weighted by Crippen LogP contribution is -1.93. The average Bonchev–Trinajstić information content (AvgIpc) is 3.05. The highest BCUT2D eigenvalue weighted by Crippen LogP contribution is 2.34. The molecule has 0 radical (unpaired) electrons. The van der Waals surface area contributed by atoms with Gasteiger partial charge in [0.2, 0.25) is 5.88 Å². The zero-order valence-corrected chi connectivity index (χ0v) is 13.6. The van der Waals surface area contributed by atoms with Crippen LogP contribution in [0.4, 0.5) is 8.78 Å². The van der Waals surface area contributed by atoms with Crippen LogP contribution in [0.3, 0.4) is 0 Å². The van der Waals surface area contributed by atoms with Crippen LogP contribution >= 0.6 is 0 Å². The second kappa shape index (κ2) is 6.44.